The number of rotatable bonds is 4. The molecule has 3 rings (SSSR count). The van der Waals surface area contributed by atoms with E-state index in [1.165, 1.54) is 0 Å². The van der Waals surface area contributed by atoms with Crippen LogP contribution >= 0.6 is 0 Å². The van der Waals surface area contributed by atoms with E-state index in [0.717, 1.165) is 47.7 Å². The number of hydrogen-bond acceptors (Lipinski definition) is 3. The van der Waals surface area contributed by atoms with Gasteiger partial charge in [-0.15, -0.1) is 0 Å². The molecule has 0 amide bonds. The normalized spacial score (nSPS) is 21.1. The summed E-state index contributed by atoms with van der Waals surface area (Å²) < 4.78 is 7.06. The van der Waals surface area contributed by atoms with Gasteiger partial charge < -0.3 is 9.30 Å². The summed E-state index contributed by atoms with van der Waals surface area (Å²) in [5.74, 6) is 0.311. The van der Waals surface area contributed by atoms with E-state index in [1.807, 2.05) is 31.2 Å². The third kappa shape index (κ3) is 3.03. The second-order valence-corrected chi connectivity index (χ2v) is 6.73. The fourth-order valence-corrected chi connectivity index (χ4v) is 3.75. The van der Waals surface area contributed by atoms with Crippen molar-refractivity contribution in [3.05, 3.63) is 45.7 Å². The molecule has 1 aromatic carbocycles. The predicted octanol–water partition coefficient (Wildman–Crippen LogP) is 3.49. The predicted molar refractivity (Wildman–Crippen MR) is 95.7 cm³/mol. The van der Waals surface area contributed by atoms with Gasteiger partial charge in [0.05, 0.1) is 11.6 Å². The minimum atomic E-state index is 0.0435. The first-order valence-electron chi connectivity index (χ1n) is 8.74. The molecule has 24 heavy (non-hydrogen) atoms. The number of fused-ring (bicyclic) bond motifs is 1. The van der Waals surface area contributed by atoms with Crippen LogP contribution in [0.3, 0.4) is 0 Å². The van der Waals surface area contributed by atoms with Crippen molar-refractivity contribution in [2.24, 2.45) is 13.0 Å². The van der Waals surface area contributed by atoms with Crippen LogP contribution in [-0.2, 0) is 18.2 Å². The molecule has 1 aromatic heterocycles. The number of pyridine rings is 1. The van der Waals surface area contributed by atoms with Crippen molar-refractivity contribution in [1.82, 2.24) is 4.57 Å². The molecule has 0 aliphatic heterocycles. The topological polar surface area (TPSA) is 48.3 Å². The Balaban J connectivity index is 1.92. The lowest BCUT2D eigenvalue weighted by Crippen LogP contribution is -2.25. The van der Waals surface area contributed by atoms with Crippen molar-refractivity contribution >= 4 is 16.7 Å². The summed E-state index contributed by atoms with van der Waals surface area (Å²) in [6.45, 7) is 1.98. The van der Waals surface area contributed by atoms with Crippen LogP contribution in [-0.4, -0.2) is 23.6 Å². The number of methoxy groups -OCH3 is 1. The molecule has 4 heteroatoms. The fourth-order valence-electron chi connectivity index (χ4n) is 3.75. The van der Waals surface area contributed by atoms with Gasteiger partial charge in [0.2, 0.25) is 0 Å². The first kappa shape index (κ1) is 16.9. The minimum absolute atomic E-state index is 0.0435. The smallest absolute Gasteiger partial charge is 0.253 e. The van der Waals surface area contributed by atoms with Crippen molar-refractivity contribution < 1.29 is 9.53 Å². The number of aromatic nitrogens is 1. The molecule has 1 heterocycles. The highest BCUT2D eigenvalue weighted by Gasteiger charge is 2.27. The number of nitrogens with zero attached hydrogens (tertiary/aromatic N) is 1. The van der Waals surface area contributed by atoms with E-state index < -0.39 is 0 Å². The van der Waals surface area contributed by atoms with Gasteiger partial charge in [-0.25, -0.2) is 0 Å². The summed E-state index contributed by atoms with van der Waals surface area (Å²) in [6, 6.07) is 7.62. The molecule has 1 fully saturated rings. The summed E-state index contributed by atoms with van der Waals surface area (Å²) in [4.78, 5) is 25.1. The Morgan fingerprint density at radius 3 is 2.54 bits per heavy atom. The van der Waals surface area contributed by atoms with Crippen LogP contribution in [0, 0.1) is 5.92 Å². The zero-order chi connectivity index (χ0) is 17.3. The highest BCUT2D eigenvalue weighted by atomic mass is 16.5. The Bertz CT molecular complexity index is 813. The second-order valence-electron chi connectivity index (χ2n) is 6.73. The lowest BCUT2D eigenvalue weighted by molar-refractivity contribution is 0.0519. The van der Waals surface area contributed by atoms with Gasteiger partial charge in [0.15, 0.2) is 5.78 Å². The monoisotopic (exact) mass is 327 g/mol. The number of ether oxygens (including phenoxy) is 1. The highest BCUT2D eigenvalue weighted by Crippen LogP contribution is 2.29. The molecule has 1 aliphatic rings. The van der Waals surface area contributed by atoms with Crippen molar-refractivity contribution in [2.75, 3.05) is 7.11 Å². The van der Waals surface area contributed by atoms with Crippen LogP contribution in [0.2, 0.25) is 0 Å². The summed E-state index contributed by atoms with van der Waals surface area (Å²) in [5.41, 5.74) is 2.46. The van der Waals surface area contributed by atoms with E-state index >= 15 is 0 Å². The summed E-state index contributed by atoms with van der Waals surface area (Å²) in [5, 5.41) is 0.963. The molecule has 0 saturated heterocycles. The van der Waals surface area contributed by atoms with Gasteiger partial charge in [-0.3, -0.25) is 9.59 Å². The largest absolute Gasteiger partial charge is 0.381 e. The van der Waals surface area contributed by atoms with E-state index in [1.54, 1.807) is 18.7 Å². The third-order valence-corrected chi connectivity index (χ3v) is 5.34. The Kier molecular flexibility index (Phi) is 4.86. The standard InChI is InChI=1S/C20H25NO3/c1-4-13-11-16-12-15(7-10-18(16)21(2)20(13)23)19(22)14-5-8-17(24-3)9-6-14/h7,10-12,14,17H,4-6,8-9H2,1-3H3. The average molecular weight is 327 g/mol. The molecule has 0 radical (unpaired) electrons. The van der Waals surface area contributed by atoms with Crippen molar-refractivity contribution in [2.45, 2.75) is 45.1 Å². The number of carbonyl (C=O) groups is 1. The van der Waals surface area contributed by atoms with Gasteiger partial charge in [0.1, 0.15) is 0 Å². The molecule has 0 N–H and O–H groups in total. The lowest BCUT2D eigenvalue weighted by atomic mass is 9.82. The van der Waals surface area contributed by atoms with Gasteiger partial charge >= 0.3 is 0 Å². The maximum absolute atomic E-state index is 12.8. The van der Waals surface area contributed by atoms with Crippen LogP contribution in [0.15, 0.2) is 29.1 Å². The molecule has 1 saturated carbocycles. The second kappa shape index (κ2) is 6.89. The summed E-state index contributed by atoms with van der Waals surface area (Å²) >= 11 is 0. The van der Waals surface area contributed by atoms with Gasteiger partial charge in [0, 0.05) is 31.2 Å². The van der Waals surface area contributed by atoms with Crippen molar-refractivity contribution in [3.63, 3.8) is 0 Å². The van der Waals surface area contributed by atoms with Crippen molar-refractivity contribution in [1.29, 1.82) is 0 Å². The zero-order valence-electron chi connectivity index (χ0n) is 14.7. The Morgan fingerprint density at radius 1 is 1.21 bits per heavy atom. The molecule has 0 bridgehead atoms. The maximum Gasteiger partial charge on any atom is 0.253 e. The number of benzene rings is 1. The van der Waals surface area contributed by atoms with E-state index in [-0.39, 0.29) is 17.3 Å². The Labute approximate surface area is 142 Å². The number of Topliss-reactive ketones (excluding diaryl/α,β-unsaturated/α-hetero) is 1. The molecular formula is C20H25NO3. The van der Waals surface area contributed by atoms with E-state index in [4.69, 9.17) is 4.74 Å². The summed E-state index contributed by atoms with van der Waals surface area (Å²) in [7, 11) is 3.53. The molecule has 0 unspecified atom stereocenters. The molecule has 2 aromatic rings. The molecule has 0 atom stereocenters. The van der Waals surface area contributed by atoms with Crippen LogP contribution in [0.5, 0.6) is 0 Å². The quantitative estimate of drug-likeness (QED) is 0.808. The molecule has 0 spiro atoms. The highest BCUT2D eigenvalue weighted by molar-refractivity contribution is 6.01. The van der Waals surface area contributed by atoms with Gasteiger partial charge in [-0.2, -0.15) is 0 Å². The number of ketones is 1. The Hall–Kier alpha value is -1.94. The lowest BCUT2D eigenvalue weighted by Gasteiger charge is -2.26. The maximum atomic E-state index is 12.8. The van der Waals surface area contributed by atoms with E-state index in [9.17, 15) is 9.59 Å². The van der Waals surface area contributed by atoms with Crippen LogP contribution in [0.25, 0.3) is 10.9 Å². The van der Waals surface area contributed by atoms with Crippen molar-refractivity contribution in [3.8, 4) is 0 Å². The first-order valence-corrected chi connectivity index (χ1v) is 8.74. The first-order chi connectivity index (χ1) is 11.5. The number of carbonyl (C=O) groups excluding carboxylic acids is 1. The minimum Gasteiger partial charge on any atom is -0.381 e. The van der Waals surface area contributed by atoms with Gasteiger partial charge in [-0.1, -0.05) is 6.92 Å². The van der Waals surface area contributed by atoms with Crippen LogP contribution in [0.1, 0.15) is 48.5 Å². The fraction of sp³-hybridized carbons (Fsp3) is 0.500. The Morgan fingerprint density at radius 2 is 1.92 bits per heavy atom. The van der Waals surface area contributed by atoms with E-state index in [0.29, 0.717) is 12.5 Å². The van der Waals surface area contributed by atoms with Crippen LogP contribution < -0.4 is 5.56 Å². The average Bonchev–Trinajstić information content (AvgIpc) is 2.63. The molecule has 128 valence electrons. The zero-order valence-corrected chi connectivity index (χ0v) is 14.7. The van der Waals surface area contributed by atoms with Crippen LogP contribution in [0.4, 0.5) is 0 Å². The SMILES string of the molecule is CCc1cc2cc(C(=O)C3CCC(OC)CC3)ccc2n(C)c1=O. The van der Waals surface area contributed by atoms with Gasteiger partial charge in [-0.05, 0) is 61.8 Å². The van der Waals surface area contributed by atoms with Gasteiger partial charge in [0.25, 0.3) is 5.56 Å². The summed E-state index contributed by atoms with van der Waals surface area (Å²) in [6.07, 6.45) is 4.68. The molecule has 1 aliphatic carbocycles. The van der Waals surface area contributed by atoms with E-state index in [2.05, 4.69) is 0 Å². The third-order valence-electron chi connectivity index (χ3n) is 5.34. The number of aryl methyl sites for hydroxylation is 2. The molecule has 4 nitrogen and oxygen atoms in total. The number of hydrogen-bond donors (Lipinski definition) is 0. The molecular weight excluding hydrogens is 302 g/mol.